The van der Waals surface area contributed by atoms with E-state index in [9.17, 15) is 13.6 Å². The molecule has 22 heavy (non-hydrogen) atoms. The van der Waals surface area contributed by atoms with Gasteiger partial charge in [0.15, 0.2) is 5.82 Å². The molecule has 2 saturated carbocycles. The zero-order chi connectivity index (χ0) is 16.0. The van der Waals surface area contributed by atoms with Gasteiger partial charge in [0, 0.05) is 25.3 Å². The highest BCUT2D eigenvalue weighted by Crippen LogP contribution is 2.56. The average molecular weight is 313 g/mol. The summed E-state index contributed by atoms with van der Waals surface area (Å²) < 4.78 is 27.0. The summed E-state index contributed by atoms with van der Waals surface area (Å²) in [5.74, 6) is -2.39. The maximum atomic E-state index is 13.5. The van der Waals surface area contributed by atoms with Crippen molar-refractivity contribution in [2.75, 3.05) is 6.54 Å². The number of aromatic amines is 1. The minimum Gasteiger partial charge on any atom is -0.355 e. The second-order valence-electron chi connectivity index (χ2n) is 7.25. The van der Waals surface area contributed by atoms with Crippen LogP contribution in [0, 0.1) is 23.2 Å². The lowest BCUT2D eigenvalue weighted by atomic mass is 9.85. The fourth-order valence-corrected chi connectivity index (χ4v) is 3.77. The fraction of sp³-hybridized carbons (Fsp3) is 0.857. The van der Waals surface area contributed by atoms with Crippen molar-refractivity contribution in [2.24, 2.45) is 23.2 Å². The molecular weight excluding hydrogens is 292 g/mol. The van der Waals surface area contributed by atoms with Gasteiger partial charge in [0.1, 0.15) is 0 Å². The highest BCUT2D eigenvalue weighted by atomic mass is 19.3. The molecule has 3 atom stereocenters. The number of carbonyl (C=O) groups is 1. The van der Waals surface area contributed by atoms with Crippen LogP contribution < -0.4 is 5.32 Å². The molecule has 3 rings (SSSR count). The largest absolute Gasteiger partial charge is 0.355 e. The zero-order valence-corrected chi connectivity index (χ0v) is 12.8. The summed E-state index contributed by atoms with van der Waals surface area (Å²) in [6.45, 7) is 4.10. The molecule has 0 aromatic carbocycles. The maximum absolute atomic E-state index is 13.5. The maximum Gasteiger partial charge on any atom is 0.251 e. The van der Waals surface area contributed by atoms with Gasteiger partial charge in [0.05, 0.1) is 5.41 Å². The third-order valence-corrected chi connectivity index (χ3v) is 5.10. The topological polar surface area (TPSA) is 83.6 Å². The molecule has 0 spiro atoms. The molecule has 0 aliphatic heterocycles. The molecule has 2 aliphatic carbocycles. The molecule has 2 fully saturated rings. The van der Waals surface area contributed by atoms with E-state index in [1.165, 1.54) is 0 Å². The normalized spacial score (nSPS) is 29.7. The Morgan fingerprint density at radius 1 is 1.45 bits per heavy atom. The summed E-state index contributed by atoms with van der Waals surface area (Å²) in [6.07, 6.45) is 1.47. The van der Waals surface area contributed by atoms with E-state index in [4.69, 9.17) is 0 Å². The first-order chi connectivity index (χ1) is 10.3. The number of carbonyl (C=O) groups excluding carboxylic acids is 1. The first kappa shape index (κ1) is 15.3. The van der Waals surface area contributed by atoms with Crippen molar-refractivity contribution in [1.82, 2.24) is 25.9 Å². The Labute approximate surface area is 127 Å². The van der Waals surface area contributed by atoms with Gasteiger partial charge in [-0.15, -0.1) is 10.2 Å². The Kier molecular flexibility index (Phi) is 3.65. The van der Waals surface area contributed by atoms with Crippen LogP contribution in [0.3, 0.4) is 0 Å². The molecule has 1 aromatic rings. The molecule has 2 N–H and O–H groups in total. The van der Waals surface area contributed by atoms with Crippen molar-refractivity contribution in [1.29, 1.82) is 0 Å². The fourth-order valence-electron chi connectivity index (χ4n) is 3.77. The second-order valence-corrected chi connectivity index (χ2v) is 7.25. The molecule has 1 heterocycles. The van der Waals surface area contributed by atoms with Crippen molar-refractivity contribution >= 4 is 5.91 Å². The summed E-state index contributed by atoms with van der Waals surface area (Å²) >= 11 is 0. The number of halogens is 2. The first-order valence-corrected chi connectivity index (χ1v) is 7.66. The van der Waals surface area contributed by atoms with Gasteiger partial charge in [0.2, 0.25) is 5.91 Å². The molecule has 6 nitrogen and oxygen atoms in total. The van der Waals surface area contributed by atoms with E-state index in [1.807, 2.05) is 13.8 Å². The van der Waals surface area contributed by atoms with E-state index in [2.05, 4.69) is 25.9 Å². The average Bonchev–Trinajstić information content (AvgIpc) is 3.10. The van der Waals surface area contributed by atoms with Crippen molar-refractivity contribution in [2.45, 2.75) is 45.5 Å². The van der Waals surface area contributed by atoms with Crippen molar-refractivity contribution in [3.63, 3.8) is 0 Å². The van der Waals surface area contributed by atoms with Crippen LogP contribution in [0.25, 0.3) is 0 Å². The lowest BCUT2D eigenvalue weighted by Crippen LogP contribution is -2.42. The van der Waals surface area contributed by atoms with E-state index in [0.29, 0.717) is 31.6 Å². The molecule has 0 unspecified atom stereocenters. The Hall–Kier alpha value is -1.60. The summed E-state index contributed by atoms with van der Waals surface area (Å²) in [6, 6.07) is 0. The van der Waals surface area contributed by atoms with E-state index in [1.54, 1.807) is 0 Å². The molecule has 0 saturated heterocycles. The molecule has 0 radical (unpaired) electrons. The summed E-state index contributed by atoms with van der Waals surface area (Å²) in [5.41, 5.74) is -0.661. The predicted molar refractivity (Wildman–Crippen MR) is 73.9 cm³/mol. The van der Waals surface area contributed by atoms with Crippen LogP contribution in [0.15, 0.2) is 0 Å². The number of aromatic nitrogens is 4. The van der Waals surface area contributed by atoms with E-state index in [-0.39, 0.29) is 24.2 Å². The minimum atomic E-state index is -2.50. The van der Waals surface area contributed by atoms with E-state index < -0.39 is 17.3 Å². The van der Waals surface area contributed by atoms with Gasteiger partial charge in [-0.25, -0.2) is 8.78 Å². The van der Waals surface area contributed by atoms with Gasteiger partial charge in [-0.05, 0) is 24.7 Å². The van der Waals surface area contributed by atoms with Gasteiger partial charge in [-0.1, -0.05) is 19.1 Å². The standard InChI is InChI=1S/C14H21F2N5O/c1-13(2,6-11-18-20-21-19-11)12(22)17-7-9-4-10-3-8(9)5-14(10,15)16/h8-10H,3-7H2,1-2H3,(H,17,22)(H,18,19,20,21)/t8-,9+,10-/m1/s1. The molecular formula is C14H21F2N5O. The smallest absolute Gasteiger partial charge is 0.251 e. The van der Waals surface area contributed by atoms with Crippen LogP contribution in [0.4, 0.5) is 8.78 Å². The first-order valence-electron chi connectivity index (χ1n) is 7.66. The number of fused-ring (bicyclic) bond motifs is 2. The van der Waals surface area contributed by atoms with Gasteiger partial charge in [-0.3, -0.25) is 4.79 Å². The second kappa shape index (κ2) is 5.24. The van der Waals surface area contributed by atoms with Gasteiger partial charge >= 0.3 is 0 Å². The van der Waals surface area contributed by atoms with E-state index in [0.717, 1.165) is 0 Å². The third-order valence-electron chi connectivity index (χ3n) is 5.10. The van der Waals surface area contributed by atoms with Crippen molar-refractivity contribution < 1.29 is 13.6 Å². The zero-order valence-electron chi connectivity index (χ0n) is 12.8. The van der Waals surface area contributed by atoms with Crippen LogP contribution in [0.2, 0.25) is 0 Å². The number of rotatable bonds is 5. The molecule has 2 aliphatic rings. The Morgan fingerprint density at radius 3 is 2.77 bits per heavy atom. The number of H-pyrrole nitrogens is 1. The highest BCUT2D eigenvalue weighted by molar-refractivity contribution is 5.82. The number of alkyl halides is 2. The SMILES string of the molecule is CC(C)(Cc1nn[nH]n1)C(=O)NC[C@@H]1C[C@H]2C[C@@H]1CC2(F)F. The van der Waals surface area contributed by atoms with Crippen molar-refractivity contribution in [3.8, 4) is 0 Å². The predicted octanol–water partition coefficient (Wildman–Crippen LogP) is 1.57. The summed E-state index contributed by atoms with van der Waals surface area (Å²) in [5, 5.41) is 16.5. The van der Waals surface area contributed by atoms with E-state index >= 15 is 0 Å². The number of nitrogens with one attached hydrogen (secondary N) is 2. The Morgan fingerprint density at radius 2 is 2.23 bits per heavy atom. The number of hydrogen-bond donors (Lipinski definition) is 2. The van der Waals surface area contributed by atoms with Crippen LogP contribution in [-0.4, -0.2) is 39.0 Å². The van der Waals surface area contributed by atoms with Crippen molar-refractivity contribution in [3.05, 3.63) is 5.82 Å². The Bertz CT molecular complexity index is 545. The Balaban J connectivity index is 1.51. The monoisotopic (exact) mass is 313 g/mol. The minimum absolute atomic E-state index is 0.0234. The third kappa shape index (κ3) is 2.83. The molecule has 2 bridgehead atoms. The number of nitrogens with zero attached hydrogens (tertiary/aromatic N) is 3. The highest BCUT2D eigenvalue weighted by Gasteiger charge is 2.56. The number of hydrogen-bond acceptors (Lipinski definition) is 4. The lowest BCUT2D eigenvalue weighted by molar-refractivity contribution is -0.129. The van der Waals surface area contributed by atoms with Gasteiger partial charge in [0.25, 0.3) is 5.92 Å². The van der Waals surface area contributed by atoms with Gasteiger partial charge < -0.3 is 5.32 Å². The lowest BCUT2D eigenvalue weighted by Gasteiger charge is -2.29. The quantitative estimate of drug-likeness (QED) is 0.864. The molecule has 1 aromatic heterocycles. The number of tetrazole rings is 1. The summed E-state index contributed by atoms with van der Waals surface area (Å²) in [7, 11) is 0. The molecule has 8 heteroatoms. The van der Waals surface area contributed by atoms with Crippen LogP contribution in [0.5, 0.6) is 0 Å². The molecule has 1 amide bonds. The number of amides is 1. The molecule has 122 valence electrons. The summed E-state index contributed by atoms with van der Waals surface area (Å²) in [4.78, 5) is 12.3. The van der Waals surface area contributed by atoms with Crippen LogP contribution in [-0.2, 0) is 11.2 Å². The van der Waals surface area contributed by atoms with Gasteiger partial charge in [-0.2, -0.15) is 5.21 Å². The van der Waals surface area contributed by atoms with Crippen LogP contribution >= 0.6 is 0 Å². The van der Waals surface area contributed by atoms with Crippen LogP contribution in [0.1, 0.15) is 38.9 Å².